The van der Waals surface area contributed by atoms with E-state index in [1.807, 2.05) is 18.2 Å². The van der Waals surface area contributed by atoms with Crippen LogP contribution in [0.15, 0.2) is 39.9 Å². The first kappa shape index (κ1) is 11.1. The van der Waals surface area contributed by atoms with Crippen LogP contribution in [0.25, 0.3) is 5.69 Å². The second-order valence-corrected chi connectivity index (χ2v) is 6.94. The lowest BCUT2D eigenvalue weighted by atomic mass is 10.00. The highest BCUT2D eigenvalue weighted by atomic mass is 16.2. The first-order valence-electron chi connectivity index (χ1n) is 7.64. The highest BCUT2D eigenvalue weighted by Crippen LogP contribution is 2.87. The minimum atomic E-state index is -0.367. The predicted molar refractivity (Wildman–Crippen MR) is 75.5 cm³/mol. The Morgan fingerprint density at radius 2 is 1.86 bits per heavy atom. The predicted octanol–water partition coefficient (Wildman–Crippen LogP) is 0.686. The van der Waals surface area contributed by atoms with E-state index in [1.54, 1.807) is 21.5 Å². The molecule has 6 nitrogen and oxygen atoms in total. The van der Waals surface area contributed by atoms with E-state index in [2.05, 4.69) is 6.07 Å². The molecular formula is C16H12N4O2. The van der Waals surface area contributed by atoms with Crippen LogP contribution >= 0.6 is 0 Å². The average Bonchev–Trinajstić information content (AvgIpc) is 2.99. The lowest BCUT2D eigenvalue weighted by Crippen LogP contribution is -2.32. The SMILES string of the molecule is N#C[C@@]12[C@@H]3[C@H]4C(C[C@@H]31)[C@@H]2n1c(=O)n(-c2ccccc2)c(=O)n14. The molecule has 2 heterocycles. The summed E-state index contributed by atoms with van der Waals surface area (Å²) in [6.45, 7) is 0. The largest absolute Gasteiger partial charge is 0.352 e. The maximum absolute atomic E-state index is 12.9. The van der Waals surface area contributed by atoms with Crippen LogP contribution < -0.4 is 11.4 Å². The monoisotopic (exact) mass is 292 g/mol. The molecule has 1 aromatic heterocycles. The van der Waals surface area contributed by atoms with Gasteiger partial charge in [-0.05, 0) is 24.5 Å². The van der Waals surface area contributed by atoms with Crippen molar-refractivity contribution in [3.8, 4) is 11.8 Å². The molecule has 5 aliphatic rings. The molecule has 22 heavy (non-hydrogen) atoms. The molecule has 4 fully saturated rings. The minimum Gasteiger partial charge on any atom is -0.245 e. The maximum Gasteiger partial charge on any atom is 0.352 e. The van der Waals surface area contributed by atoms with Gasteiger partial charge in [-0.25, -0.2) is 23.5 Å². The fourth-order valence-corrected chi connectivity index (χ4v) is 5.89. The van der Waals surface area contributed by atoms with E-state index in [9.17, 15) is 14.9 Å². The number of aromatic nitrogens is 3. The van der Waals surface area contributed by atoms with E-state index in [0.29, 0.717) is 17.5 Å². The molecule has 0 saturated heterocycles. The molecule has 4 saturated carbocycles. The van der Waals surface area contributed by atoms with Crippen molar-refractivity contribution in [2.24, 2.45) is 23.2 Å². The van der Waals surface area contributed by atoms with Crippen molar-refractivity contribution >= 4 is 0 Å². The van der Waals surface area contributed by atoms with Crippen LogP contribution in [-0.2, 0) is 0 Å². The van der Waals surface area contributed by atoms with Crippen molar-refractivity contribution in [2.45, 2.75) is 18.5 Å². The summed E-state index contributed by atoms with van der Waals surface area (Å²) in [6, 6.07) is 11.5. The normalized spacial score (nSPS) is 41.5. The quantitative estimate of drug-likeness (QED) is 0.776. The van der Waals surface area contributed by atoms with Gasteiger partial charge in [0.2, 0.25) is 0 Å². The summed E-state index contributed by atoms with van der Waals surface area (Å²) in [5.41, 5.74) is -0.325. The number of para-hydroxylation sites is 1. The summed E-state index contributed by atoms with van der Waals surface area (Å²) in [5.74, 6) is 0.991. The molecule has 0 radical (unpaired) electrons. The van der Waals surface area contributed by atoms with Crippen LogP contribution in [0.2, 0.25) is 0 Å². The van der Waals surface area contributed by atoms with Gasteiger partial charge in [-0.1, -0.05) is 18.2 Å². The van der Waals surface area contributed by atoms with Crippen molar-refractivity contribution in [2.75, 3.05) is 0 Å². The zero-order valence-electron chi connectivity index (χ0n) is 11.6. The van der Waals surface area contributed by atoms with Gasteiger partial charge in [0.25, 0.3) is 0 Å². The van der Waals surface area contributed by atoms with Crippen LogP contribution in [0, 0.1) is 34.5 Å². The Morgan fingerprint density at radius 3 is 2.59 bits per heavy atom. The summed E-state index contributed by atoms with van der Waals surface area (Å²) >= 11 is 0. The Balaban J connectivity index is 1.67. The van der Waals surface area contributed by atoms with E-state index in [0.717, 1.165) is 6.42 Å². The third-order valence-electron chi connectivity index (χ3n) is 6.48. The van der Waals surface area contributed by atoms with Crippen molar-refractivity contribution in [3.05, 3.63) is 51.3 Å². The summed E-state index contributed by atoms with van der Waals surface area (Å²) in [7, 11) is 0. The molecule has 7 rings (SSSR count). The molecule has 6 atom stereocenters. The summed E-state index contributed by atoms with van der Waals surface area (Å²) < 4.78 is 4.49. The van der Waals surface area contributed by atoms with Crippen molar-refractivity contribution in [1.29, 1.82) is 5.26 Å². The third-order valence-corrected chi connectivity index (χ3v) is 6.48. The Bertz CT molecular complexity index is 1010. The number of rotatable bonds is 1. The number of hydrogen-bond acceptors (Lipinski definition) is 3. The number of nitriles is 1. The molecule has 1 aromatic carbocycles. The van der Waals surface area contributed by atoms with Gasteiger partial charge < -0.3 is 0 Å². The van der Waals surface area contributed by atoms with E-state index >= 15 is 0 Å². The Kier molecular flexibility index (Phi) is 1.50. The second kappa shape index (κ2) is 2.98. The van der Waals surface area contributed by atoms with Crippen LogP contribution in [-0.4, -0.2) is 13.9 Å². The molecule has 1 unspecified atom stereocenters. The van der Waals surface area contributed by atoms with Gasteiger partial charge in [-0.3, -0.25) is 0 Å². The van der Waals surface area contributed by atoms with E-state index in [4.69, 9.17) is 0 Å². The molecule has 0 N–H and O–H groups in total. The van der Waals surface area contributed by atoms with Gasteiger partial charge in [0, 0.05) is 11.8 Å². The van der Waals surface area contributed by atoms with Crippen LogP contribution in [0.5, 0.6) is 0 Å². The van der Waals surface area contributed by atoms with Gasteiger partial charge in [-0.2, -0.15) is 5.26 Å². The highest BCUT2D eigenvalue weighted by molar-refractivity contribution is 5.41. The van der Waals surface area contributed by atoms with E-state index in [-0.39, 0.29) is 34.8 Å². The second-order valence-electron chi connectivity index (χ2n) is 6.94. The van der Waals surface area contributed by atoms with Crippen molar-refractivity contribution < 1.29 is 0 Å². The summed E-state index contributed by atoms with van der Waals surface area (Å²) in [4.78, 5) is 25.7. The molecule has 6 heteroatoms. The number of benzene rings is 1. The fourth-order valence-electron chi connectivity index (χ4n) is 5.89. The third kappa shape index (κ3) is 0.808. The Morgan fingerprint density at radius 1 is 1.14 bits per heavy atom. The molecule has 0 amide bonds. The molecule has 1 aliphatic heterocycles. The number of nitrogens with zero attached hydrogens (tertiary/aromatic N) is 4. The average molecular weight is 292 g/mol. The van der Waals surface area contributed by atoms with Gasteiger partial charge in [-0.15, -0.1) is 0 Å². The summed E-state index contributed by atoms with van der Waals surface area (Å²) in [6.07, 6.45) is 0.993. The van der Waals surface area contributed by atoms with Crippen LogP contribution in [0.4, 0.5) is 0 Å². The lowest BCUT2D eigenvalue weighted by molar-refractivity contribution is 0.312. The van der Waals surface area contributed by atoms with E-state index < -0.39 is 0 Å². The van der Waals surface area contributed by atoms with Gasteiger partial charge in [0.05, 0.1) is 29.3 Å². The molecule has 108 valence electrons. The van der Waals surface area contributed by atoms with Gasteiger partial charge in [0.1, 0.15) is 0 Å². The highest BCUT2D eigenvalue weighted by Gasteiger charge is 2.88. The molecule has 6 bridgehead atoms. The standard InChI is InChI=1S/C16H12N4O2/c17-7-16-10-6-9-12(11(10)16)19-14(21)18(8-4-2-1-3-5-8)15(22)20(19)13(9)16/h1-5,9-13H,6H2/t9?,10-,11-,12+,13-,16-/m0/s1. The molecule has 4 aliphatic carbocycles. The zero-order valence-corrected chi connectivity index (χ0v) is 11.6. The zero-order chi connectivity index (χ0) is 14.8. The smallest absolute Gasteiger partial charge is 0.245 e. The molecule has 0 spiro atoms. The first-order chi connectivity index (χ1) is 10.7. The van der Waals surface area contributed by atoms with Crippen LogP contribution in [0.1, 0.15) is 18.5 Å². The summed E-state index contributed by atoms with van der Waals surface area (Å²) in [5, 5.41) is 9.64. The maximum atomic E-state index is 12.9. The molecular weight excluding hydrogens is 280 g/mol. The molecule has 2 aromatic rings. The van der Waals surface area contributed by atoms with Gasteiger partial charge >= 0.3 is 11.4 Å². The fraction of sp³-hybridized carbons (Fsp3) is 0.438. The Labute approximate surface area is 124 Å². The topological polar surface area (TPSA) is 72.7 Å². The number of hydrogen-bond donors (Lipinski definition) is 0. The Hall–Kier alpha value is -2.55. The van der Waals surface area contributed by atoms with Crippen molar-refractivity contribution in [3.63, 3.8) is 0 Å². The van der Waals surface area contributed by atoms with Gasteiger partial charge in [0.15, 0.2) is 0 Å². The first-order valence-corrected chi connectivity index (χ1v) is 7.64. The number of fused-ring (bicyclic) bond motifs is 1. The van der Waals surface area contributed by atoms with Crippen LogP contribution in [0.3, 0.4) is 0 Å². The van der Waals surface area contributed by atoms with E-state index in [1.165, 1.54) is 4.57 Å². The van der Waals surface area contributed by atoms with Crippen molar-refractivity contribution in [1.82, 2.24) is 13.9 Å². The minimum absolute atomic E-state index is 0.0554. The lowest BCUT2D eigenvalue weighted by Gasteiger charge is -2.18.